The molecule has 0 spiro atoms. The Bertz CT molecular complexity index is 157. The summed E-state index contributed by atoms with van der Waals surface area (Å²) in [4.78, 5) is 20.4. The first-order valence-corrected chi connectivity index (χ1v) is 4.34. The van der Waals surface area contributed by atoms with Crippen molar-refractivity contribution in [3.05, 3.63) is 0 Å². The van der Waals surface area contributed by atoms with Gasteiger partial charge in [0.15, 0.2) is 0 Å². The molecule has 0 saturated heterocycles. The highest BCUT2D eigenvalue weighted by Gasteiger charge is 2.16. The van der Waals surface area contributed by atoms with Crippen LogP contribution in [0, 0.1) is 0 Å². The molecule has 64 valence electrons. The molecule has 2 N–H and O–H groups in total. The third-order valence-corrected chi connectivity index (χ3v) is 2.19. The summed E-state index contributed by atoms with van der Waals surface area (Å²) in [5, 5.41) is 16.1. The molecule has 0 bridgehead atoms. The van der Waals surface area contributed by atoms with Crippen LogP contribution in [0.5, 0.6) is 0 Å². The number of carboxylic acid groups (broad SMARTS) is 2. The first-order valence-electron chi connectivity index (χ1n) is 3.05. The average Bonchev–Trinajstić information content (AvgIpc) is 1.87. The molecule has 5 heteroatoms. The SMILES string of the molecule is CSC(CCC(=O)O)C(=O)O. The van der Waals surface area contributed by atoms with E-state index in [4.69, 9.17) is 10.2 Å². The van der Waals surface area contributed by atoms with Crippen LogP contribution in [0.2, 0.25) is 0 Å². The monoisotopic (exact) mass is 178 g/mol. The van der Waals surface area contributed by atoms with Crippen molar-refractivity contribution >= 4 is 23.7 Å². The number of rotatable bonds is 5. The quantitative estimate of drug-likeness (QED) is 0.647. The van der Waals surface area contributed by atoms with Crippen molar-refractivity contribution in [2.45, 2.75) is 18.1 Å². The van der Waals surface area contributed by atoms with E-state index in [1.54, 1.807) is 6.26 Å². The molecule has 0 fully saturated rings. The van der Waals surface area contributed by atoms with Crippen LogP contribution in [0.4, 0.5) is 0 Å². The molecule has 1 unspecified atom stereocenters. The molecule has 0 saturated carbocycles. The topological polar surface area (TPSA) is 74.6 Å². The van der Waals surface area contributed by atoms with E-state index in [2.05, 4.69) is 0 Å². The minimum Gasteiger partial charge on any atom is -0.481 e. The Hall–Kier alpha value is -0.710. The zero-order valence-electron chi connectivity index (χ0n) is 6.11. The average molecular weight is 178 g/mol. The van der Waals surface area contributed by atoms with Gasteiger partial charge in [0.25, 0.3) is 0 Å². The Morgan fingerprint density at radius 2 is 2.00 bits per heavy atom. The van der Waals surface area contributed by atoms with E-state index < -0.39 is 17.2 Å². The second kappa shape index (κ2) is 5.01. The summed E-state index contributed by atoms with van der Waals surface area (Å²) in [5.41, 5.74) is 0. The molecule has 0 rings (SSSR count). The minimum absolute atomic E-state index is 0.0855. The second-order valence-electron chi connectivity index (χ2n) is 1.99. The molecule has 0 radical (unpaired) electrons. The highest BCUT2D eigenvalue weighted by Crippen LogP contribution is 2.12. The van der Waals surface area contributed by atoms with E-state index in [0.29, 0.717) is 0 Å². The van der Waals surface area contributed by atoms with Gasteiger partial charge < -0.3 is 10.2 Å². The Morgan fingerprint density at radius 3 is 2.27 bits per heavy atom. The van der Waals surface area contributed by atoms with Crippen molar-refractivity contribution in [2.75, 3.05) is 6.26 Å². The maximum Gasteiger partial charge on any atom is 0.316 e. The van der Waals surface area contributed by atoms with Crippen LogP contribution in [0.15, 0.2) is 0 Å². The second-order valence-corrected chi connectivity index (χ2v) is 3.04. The summed E-state index contributed by atoms with van der Waals surface area (Å²) in [6, 6.07) is 0. The summed E-state index contributed by atoms with van der Waals surface area (Å²) >= 11 is 1.16. The van der Waals surface area contributed by atoms with E-state index >= 15 is 0 Å². The molecule has 0 aromatic rings. The summed E-state index contributed by atoms with van der Waals surface area (Å²) in [6.45, 7) is 0. The van der Waals surface area contributed by atoms with Crippen LogP contribution >= 0.6 is 11.8 Å². The van der Waals surface area contributed by atoms with Crippen LogP contribution < -0.4 is 0 Å². The molecule has 0 aliphatic rings. The first kappa shape index (κ1) is 10.3. The molecular weight excluding hydrogens is 168 g/mol. The van der Waals surface area contributed by atoms with Crippen LogP contribution in [0.1, 0.15) is 12.8 Å². The van der Waals surface area contributed by atoms with Crippen LogP contribution in [0.3, 0.4) is 0 Å². The van der Waals surface area contributed by atoms with Gasteiger partial charge in [-0.25, -0.2) is 0 Å². The Morgan fingerprint density at radius 1 is 1.45 bits per heavy atom. The van der Waals surface area contributed by atoms with E-state index in [-0.39, 0.29) is 12.8 Å². The van der Waals surface area contributed by atoms with Crippen LogP contribution in [0.25, 0.3) is 0 Å². The Labute approximate surface area is 68.6 Å². The fourth-order valence-corrected chi connectivity index (χ4v) is 1.15. The summed E-state index contributed by atoms with van der Waals surface area (Å²) < 4.78 is 0. The van der Waals surface area contributed by atoms with Crippen molar-refractivity contribution in [3.63, 3.8) is 0 Å². The fourth-order valence-electron chi connectivity index (χ4n) is 0.597. The Balaban J connectivity index is 3.70. The summed E-state index contributed by atoms with van der Waals surface area (Å²) in [7, 11) is 0. The predicted molar refractivity (Wildman–Crippen MR) is 41.8 cm³/mol. The first-order chi connectivity index (χ1) is 5.07. The van der Waals surface area contributed by atoms with Gasteiger partial charge in [-0.15, -0.1) is 0 Å². The lowest BCUT2D eigenvalue weighted by Gasteiger charge is -2.05. The molecule has 0 aliphatic carbocycles. The smallest absolute Gasteiger partial charge is 0.316 e. The lowest BCUT2D eigenvalue weighted by atomic mass is 10.2. The lowest BCUT2D eigenvalue weighted by Crippen LogP contribution is -2.17. The molecule has 0 aliphatic heterocycles. The normalized spacial score (nSPS) is 12.5. The van der Waals surface area contributed by atoms with E-state index in [1.165, 1.54) is 0 Å². The van der Waals surface area contributed by atoms with Crippen molar-refractivity contribution in [1.82, 2.24) is 0 Å². The molecule has 11 heavy (non-hydrogen) atoms. The van der Waals surface area contributed by atoms with Gasteiger partial charge in [-0.3, -0.25) is 9.59 Å². The highest BCUT2D eigenvalue weighted by atomic mass is 32.2. The number of carboxylic acids is 2. The van der Waals surface area contributed by atoms with Gasteiger partial charge in [-0.2, -0.15) is 11.8 Å². The zero-order chi connectivity index (χ0) is 8.85. The molecule has 0 aromatic carbocycles. The number of thioether (sulfide) groups is 1. The molecule has 4 nitrogen and oxygen atoms in total. The molecule has 0 heterocycles. The van der Waals surface area contributed by atoms with Gasteiger partial charge in [0.1, 0.15) is 5.25 Å². The van der Waals surface area contributed by atoms with Gasteiger partial charge >= 0.3 is 11.9 Å². The molecular formula is C6H10O4S. The van der Waals surface area contributed by atoms with E-state index in [1.807, 2.05) is 0 Å². The number of hydrogen-bond donors (Lipinski definition) is 2. The fraction of sp³-hybridized carbons (Fsp3) is 0.667. The van der Waals surface area contributed by atoms with Crippen molar-refractivity contribution in [1.29, 1.82) is 0 Å². The van der Waals surface area contributed by atoms with Gasteiger partial charge in [0.05, 0.1) is 0 Å². The molecule has 1 atom stereocenters. The summed E-state index contributed by atoms with van der Waals surface area (Å²) in [6.07, 6.45) is 1.75. The van der Waals surface area contributed by atoms with Gasteiger partial charge in [-0.1, -0.05) is 0 Å². The number of hydrogen-bond acceptors (Lipinski definition) is 3. The third-order valence-electron chi connectivity index (χ3n) is 1.18. The van der Waals surface area contributed by atoms with Crippen LogP contribution in [-0.4, -0.2) is 33.7 Å². The van der Waals surface area contributed by atoms with E-state index in [9.17, 15) is 9.59 Å². The number of aliphatic carboxylic acids is 2. The van der Waals surface area contributed by atoms with Crippen molar-refractivity contribution < 1.29 is 19.8 Å². The number of carbonyl (C=O) groups is 2. The van der Waals surface area contributed by atoms with Gasteiger partial charge in [-0.05, 0) is 12.7 Å². The Kier molecular flexibility index (Phi) is 4.69. The minimum atomic E-state index is -0.953. The zero-order valence-corrected chi connectivity index (χ0v) is 6.93. The highest BCUT2D eigenvalue weighted by molar-refractivity contribution is 7.99. The van der Waals surface area contributed by atoms with Crippen molar-refractivity contribution in [3.8, 4) is 0 Å². The molecule has 0 amide bonds. The van der Waals surface area contributed by atoms with Gasteiger partial charge in [0.2, 0.25) is 0 Å². The largest absolute Gasteiger partial charge is 0.481 e. The van der Waals surface area contributed by atoms with E-state index in [0.717, 1.165) is 11.8 Å². The standard InChI is InChI=1S/C6H10O4S/c1-11-4(6(9)10)2-3-5(7)8/h4H,2-3H2,1H3,(H,7,8)(H,9,10). The predicted octanol–water partition coefficient (Wildman–Crippen LogP) is 0.667. The third kappa shape index (κ3) is 4.66. The lowest BCUT2D eigenvalue weighted by molar-refractivity contribution is -0.138. The molecule has 0 aromatic heterocycles. The maximum atomic E-state index is 10.3. The maximum absolute atomic E-state index is 10.3. The van der Waals surface area contributed by atoms with Gasteiger partial charge in [0, 0.05) is 6.42 Å². The van der Waals surface area contributed by atoms with Crippen LogP contribution in [-0.2, 0) is 9.59 Å². The van der Waals surface area contributed by atoms with Crippen molar-refractivity contribution in [2.24, 2.45) is 0 Å². The summed E-state index contributed by atoms with van der Waals surface area (Å²) in [5.74, 6) is -1.90.